The van der Waals surface area contributed by atoms with Crippen LogP contribution in [0, 0.1) is 0 Å². The van der Waals surface area contributed by atoms with Crippen LogP contribution in [0.1, 0.15) is 58.8 Å². The second kappa shape index (κ2) is 10.9. The van der Waals surface area contributed by atoms with E-state index >= 15 is 8.78 Å². The summed E-state index contributed by atoms with van der Waals surface area (Å²) in [4.78, 5) is 44.4. The highest BCUT2D eigenvalue weighted by atomic mass is 19.3. The van der Waals surface area contributed by atoms with Crippen LogP contribution in [-0.2, 0) is 27.4 Å². The number of nitrogens with one attached hydrogen (secondary N) is 1. The Morgan fingerprint density at radius 1 is 1.02 bits per heavy atom. The van der Waals surface area contributed by atoms with E-state index in [4.69, 9.17) is 9.47 Å². The van der Waals surface area contributed by atoms with Gasteiger partial charge in [0, 0.05) is 56.4 Å². The predicted molar refractivity (Wildman–Crippen MR) is 152 cm³/mol. The van der Waals surface area contributed by atoms with Crippen molar-refractivity contribution in [2.24, 2.45) is 0 Å². The van der Waals surface area contributed by atoms with E-state index in [0.717, 1.165) is 36.8 Å². The van der Waals surface area contributed by atoms with Gasteiger partial charge in [0.15, 0.2) is 6.10 Å². The second-order valence-corrected chi connectivity index (χ2v) is 11.9. The van der Waals surface area contributed by atoms with Gasteiger partial charge in [0.2, 0.25) is 11.8 Å². The smallest absolute Gasteiger partial charge is 0.297 e. The lowest BCUT2D eigenvalue weighted by Crippen LogP contribution is -2.52. The molecule has 2 aromatic carbocycles. The Morgan fingerprint density at radius 3 is 2.67 bits per heavy atom. The van der Waals surface area contributed by atoms with Gasteiger partial charge in [-0.3, -0.25) is 29.6 Å². The standard InChI is InChI=1S/C32H32F2N4O5/c33-32(34)18-37(16-24-12-21-2-1-20(11-22(21)14-35-24)19-7-9-42-10-8-19)17-28(32)43-25-3-4-26-23(13-25)15-38(31(26)41)27-5-6-29(39)36-30(27)40/h1-4,11-14,19,27-28H,5-10,15-18H2,(H,36,39,40). The molecule has 43 heavy (non-hydrogen) atoms. The maximum Gasteiger partial charge on any atom is 0.297 e. The van der Waals surface area contributed by atoms with Crippen molar-refractivity contribution in [3.63, 3.8) is 0 Å². The molecule has 9 nitrogen and oxygen atoms in total. The number of imide groups is 1. The minimum atomic E-state index is -3.08. The number of piperidine rings is 1. The molecule has 2 unspecified atom stereocenters. The third-order valence-electron chi connectivity index (χ3n) is 8.98. The van der Waals surface area contributed by atoms with Crippen LogP contribution in [0.25, 0.3) is 10.8 Å². The molecule has 224 valence electrons. The number of amides is 3. The van der Waals surface area contributed by atoms with Crippen molar-refractivity contribution in [1.29, 1.82) is 0 Å². The Bertz CT molecular complexity index is 1610. The van der Waals surface area contributed by atoms with Gasteiger partial charge in [-0.15, -0.1) is 0 Å². The summed E-state index contributed by atoms with van der Waals surface area (Å²) in [6, 6.07) is 12.3. The number of carbonyl (C=O) groups excluding carboxylic acids is 3. The molecule has 1 N–H and O–H groups in total. The van der Waals surface area contributed by atoms with Gasteiger partial charge in [-0.25, -0.2) is 8.78 Å². The molecule has 3 aromatic rings. The first-order valence-corrected chi connectivity index (χ1v) is 14.7. The molecule has 3 amide bonds. The van der Waals surface area contributed by atoms with Gasteiger partial charge in [-0.2, -0.15) is 0 Å². The van der Waals surface area contributed by atoms with Crippen LogP contribution in [-0.4, -0.2) is 76.9 Å². The molecule has 0 spiro atoms. The SMILES string of the molecule is O=C1CCC(N2Cc3cc(OC4CN(Cc5cc6ccc(C7CCOCC7)cc6cn5)CC4(F)F)ccc3C2=O)C(=O)N1. The van der Waals surface area contributed by atoms with Crippen molar-refractivity contribution >= 4 is 28.5 Å². The summed E-state index contributed by atoms with van der Waals surface area (Å²) < 4.78 is 41.5. The maximum absolute atomic E-state index is 15.1. The molecular weight excluding hydrogens is 558 g/mol. The molecule has 2 atom stereocenters. The largest absolute Gasteiger partial charge is 0.483 e. The van der Waals surface area contributed by atoms with Gasteiger partial charge in [0.25, 0.3) is 11.8 Å². The maximum atomic E-state index is 15.1. The number of halogens is 2. The van der Waals surface area contributed by atoms with Crippen molar-refractivity contribution in [2.45, 2.75) is 62.8 Å². The van der Waals surface area contributed by atoms with Gasteiger partial charge >= 0.3 is 0 Å². The number of fused-ring (bicyclic) bond motifs is 2. The van der Waals surface area contributed by atoms with E-state index in [-0.39, 0.29) is 50.0 Å². The van der Waals surface area contributed by atoms with Crippen LogP contribution in [0.15, 0.2) is 48.7 Å². The molecule has 11 heteroatoms. The molecule has 4 aliphatic heterocycles. The number of rotatable bonds is 6. The molecule has 0 aliphatic carbocycles. The fraction of sp³-hybridized carbons (Fsp3) is 0.438. The molecule has 0 saturated carbocycles. The number of nitrogens with zero attached hydrogens (tertiary/aromatic N) is 3. The number of pyridine rings is 1. The van der Waals surface area contributed by atoms with Gasteiger partial charge < -0.3 is 14.4 Å². The average molecular weight is 591 g/mol. The average Bonchev–Trinajstić information content (AvgIpc) is 3.46. The number of ether oxygens (including phenoxy) is 2. The summed E-state index contributed by atoms with van der Waals surface area (Å²) in [5.74, 6) is -3.53. The van der Waals surface area contributed by atoms with E-state index in [9.17, 15) is 14.4 Å². The van der Waals surface area contributed by atoms with Crippen molar-refractivity contribution < 1.29 is 32.6 Å². The molecular formula is C32H32F2N4O5. The van der Waals surface area contributed by atoms with Crippen LogP contribution < -0.4 is 10.1 Å². The van der Waals surface area contributed by atoms with Gasteiger partial charge in [0.05, 0.1) is 12.2 Å². The summed E-state index contributed by atoms with van der Waals surface area (Å²) in [5.41, 5.74) is 3.00. The Kier molecular flexibility index (Phi) is 7.09. The molecule has 0 radical (unpaired) electrons. The van der Waals surface area contributed by atoms with Crippen LogP contribution in [0.3, 0.4) is 0 Å². The molecule has 0 bridgehead atoms. The van der Waals surface area contributed by atoms with Crippen LogP contribution in [0.5, 0.6) is 5.75 Å². The molecule has 1 aromatic heterocycles. The fourth-order valence-electron chi connectivity index (χ4n) is 6.67. The number of likely N-dealkylation sites (tertiary alicyclic amines) is 1. The Balaban J connectivity index is 1.01. The normalized spacial score (nSPS) is 24.4. The third-order valence-corrected chi connectivity index (χ3v) is 8.98. The summed E-state index contributed by atoms with van der Waals surface area (Å²) >= 11 is 0. The summed E-state index contributed by atoms with van der Waals surface area (Å²) in [6.45, 7) is 1.54. The summed E-state index contributed by atoms with van der Waals surface area (Å²) in [5, 5.41) is 4.33. The van der Waals surface area contributed by atoms with Gasteiger partial charge in [-0.05, 0) is 72.0 Å². The van der Waals surface area contributed by atoms with E-state index in [1.54, 1.807) is 17.0 Å². The first kappa shape index (κ1) is 27.8. The first-order chi connectivity index (χ1) is 20.7. The van der Waals surface area contributed by atoms with Crippen molar-refractivity contribution in [3.05, 3.63) is 71.0 Å². The number of alkyl halides is 2. The van der Waals surface area contributed by atoms with Crippen LogP contribution in [0.4, 0.5) is 8.78 Å². The number of hydrogen-bond donors (Lipinski definition) is 1. The molecule has 3 saturated heterocycles. The van der Waals surface area contributed by atoms with Gasteiger partial charge in [-0.1, -0.05) is 12.1 Å². The quantitative estimate of drug-likeness (QED) is 0.436. The van der Waals surface area contributed by atoms with E-state index in [0.29, 0.717) is 22.7 Å². The Labute approximate surface area is 247 Å². The van der Waals surface area contributed by atoms with E-state index < -0.39 is 30.5 Å². The number of carbonyl (C=O) groups is 3. The van der Waals surface area contributed by atoms with E-state index in [2.05, 4.69) is 28.5 Å². The number of hydrogen-bond acceptors (Lipinski definition) is 7. The molecule has 3 fully saturated rings. The fourth-order valence-corrected chi connectivity index (χ4v) is 6.67. The van der Waals surface area contributed by atoms with E-state index in [1.807, 2.05) is 12.3 Å². The van der Waals surface area contributed by atoms with Crippen molar-refractivity contribution in [3.8, 4) is 5.75 Å². The lowest BCUT2D eigenvalue weighted by atomic mass is 9.90. The lowest BCUT2D eigenvalue weighted by Gasteiger charge is -2.29. The van der Waals surface area contributed by atoms with Crippen molar-refractivity contribution in [2.75, 3.05) is 26.3 Å². The zero-order chi connectivity index (χ0) is 29.7. The summed E-state index contributed by atoms with van der Waals surface area (Å²) in [7, 11) is 0. The zero-order valence-corrected chi connectivity index (χ0v) is 23.6. The molecule has 7 rings (SSSR count). The Morgan fingerprint density at radius 2 is 1.86 bits per heavy atom. The number of aromatic nitrogens is 1. The minimum Gasteiger partial charge on any atom is -0.483 e. The van der Waals surface area contributed by atoms with Crippen LogP contribution in [0.2, 0.25) is 0 Å². The third kappa shape index (κ3) is 5.47. The lowest BCUT2D eigenvalue weighted by molar-refractivity contribution is -0.136. The predicted octanol–water partition coefficient (Wildman–Crippen LogP) is 3.79. The summed E-state index contributed by atoms with van der Waals surface area (Å²) in [6.07, 6.45) is 2.88. The minimum absolute atomic E-state index is 0.0216. The monoisotopic (exact) mass is 590 g/mol. The first-order valence-electron chi connectivity index (χ1n) is 14.7. The van der Waals surface area contributed by atoms with Crippen LogP contribution >= 0.6 is 0 Å². The highest BCUT2D eigenvalue weighted by Crippen LogP contribution is 2.35. The molecule has 5 heterocycles. The van der Waals surface area contributed by atoms with Gasteiger partial charge in [0.1, 0.15) is 11.8 Å². The Hall–Kier alpha value is -3.96. The topological polar surface area (TPSA) is 101 Å². The number of benzene rings is 2. The second-order valence-electron chi connectivity index (χ2n) is 11.9. The van der Waals surface area contributed by atoms with E-state index in [1.165, 1.54) is 16.5 Å². The van der Waals surface area contributed by atoms with Crippen molar-refractivity contribution in [1.82, 2.24) is 20.1 Å². The highest BCUT2D eigenvalue weighted by molar-refractivity contribution is 6.05. The highest BCUT2D eigenvalue weighted by Gasteiger charge is 2.50. The molecule has 4 aliphatic rings. The zero-order valence-electron chi connectivity index (χ0n) is 23.6.